The molecule has 2 unspecified atom stereocenters. The van der Waals surface area contributed by atoms with Crippen LogP contribution in [0.15, 0.2) is 54.9 Å². The van der Waals surface area contributed by atoms with Crippen LogP contribution in [0.25, 0.3) is 11.4 Å². The van der Waals surface area contributed by atoms with Gasteiger partial charge < -0.3 is 10.1 Å². The van der Waals surface area contributed by atoms with Crippen molar-refractivity contribution < 1.29 is 9.53 Å². The minimum absolute atomic E-state index is 0.00605. The Morgan fingerprint density at radius 1 is 1.15 bits per heavy atom. The van der Waals surface area contributed by atoms with Gasteiger partial charge in [-0.05, 0) is 30.2 Å². The molecule has 1 saturated heterocycles. The van der Waals surface area contributed by atoms with E-state index in [4.69, 9.17) is 4.74 Å². The summed E-state index contributed by atoms with van der Waals surface area (Å²) < 4.78 is 7.64. The highest BCUT2D eigenvalue weighted by molar-refractivity contribution is 6.06. The Labute approximate surface area is 150 Å². The predicted molar refractivity (Wildman–Crippen MR) is 94.5 cm³/mol. The minimum atomic E-state index is -0.670. The van der Waals surface area contributed by atoms with E-state index in [1.807, 2.05) is 48.7 Å². The first-order valence-corrected chi connectivity index (χ1v) is 8.58. The van der Waals surface area contributed by atoms with E-state index in [0.29, 0.717) is 25.3 Å². The van der Waals surface area contributed by atoms with Gasteiger partial charge in [-0.25, -0.2) is 4.68 Å². The van der Waals surface area contributed by atoms with Gasteiger partial charge in [-0.1, -0.05) is 29.5 Å². The molecule has 1 N–H and O–H groups in total. The lowest BCUT2D eigenvalue weighted by molar-refractivity contribution is -0.127. The normalized spacial score (nSPS) is 24.5. The molecule has 5 rings (SSSR count). The van der Waals surface area contributed by atoms with Gasteiger partial charge in [-0.3, -0.25) is 9.78 Å². The van der Waals surface area contributed by atoms with Crippen molar-refractivity contribution in [3.63, 3.8) is 0 Å². The lowest BCUT2D eigenvalue weighted by Gasteiger charge is -2.36. The van der Waals surface area contributed by atoms with Gasteiger partial charge in [0.15, 0.2) is 0 Å². The van der Waals surface area contributed by atoms with Crippen molar-refractivity contribution in [2.75, 3.05) is 18.5 Å². The Balaban J connectivity index is 1.47. The van der Waals surface area contributed by atoms with Gasteiger partial charge in [0.25, 0.3) is 0 Å². The monoisotopic (exact) mass is 347 g/mol. The van der Waals surface area contributed by atoms with Gasteiger partial charge in [-0.15, -0.1) is 5.10 Å². The number of aromatic nitrogens is 4. The fourth-order valence-electron chi connectivity index (χ4n) is 3.87. The maximum Gasteiger partial charge on any atom is 0.237 e. The van der Waals surface area contributed by atoms with Crippen molar-refractivity contribution in [1.82, 2.24) is 20.0 Å². The number of hydrogen-bond acceptors (Lipinski definition) is 5. The predicted octanol–water partition coefficient (Wildman–Crippen LogP) is 2.19. The van der Waals surface area contributed by atoms with Crippen LogP contribution in [-0.4, -0.2) is 39.1 Å². The van der Waals surface area contributed by atoms with E-state index in [-0.39, 0.29) is 11.9 Å². The van der Waals surface area contributed by atoms with Gasteiger partial charge in [0.05, 0.1) is 31.1 Å². The molecule has 1 spiro atoms. The molecule has 2 atom stereocenters. The van der Waals surface area contributed by atoms with E-state index >= 15 is 0 Å². The molecule has 7 heteroatoms. The van der Waals surface area contributed by atoms with Gasteiger partial charge in [-0.2, -0.15) is 0 Å². The van der Waals surface area contributed by atoms with Crippen LogP contribution < -0.4 is 5.32 Å². The molecule has 0 radical (unpaired) electrons. The van der Waals surface area contributed by atoms with Crippen molar-refractivity contribution in [1.29, 1.82) is 0 Å². The van der Waals surface area contributed by atoms with E-state index in [1.165, 1.54) is 0 Å². The van der Waals surface area contributed by atoms with E-state index in [9.17, 15) is 4.79 Å². The third-order valence-electron chi connectivity index (χ3n) is 5.18. The van der Waals surface area contributed by atoms with E-state index in [1.54, 1.807) is 10.9 Å². The lowest BCUT2D eigenvalue weighted by Crippen LogP contribution is -2.46. The summed E-state index contributed by atoms with van der Waals surface area (Å²) in [6.45, 7) is 0.885. The summed E-state index contributed by atoms with van der Waals surface area (Å²) in [5.74, 6) is -0.00605. The first-order chi connectivity index (χ1) is 12.8. The molecule has 0 saturated carbocycles. The van der Waals surface area contributed by atoms with E-state index in [2.05, 4.69) is 20.6 Å². The fraction of sp³-hybridized carbons (Fsp3) is 0.263. The maximum absolute atomic E-state index is 12.8. The van der Waals surface area contributed by atoms with Crippen LogP contribution in [0.2, 0.25) is 0 Å². The van der Waals surface area contributed by atoms with Crippen LogP contribution >= 0.6 is 0 Å². The van der Waals surface area contributed by atoms with Crippen molar-refractivity contribution in [2.45, 2.75) is 17.9 Å². The molecular weight excluding hydrogens is 330 g/mol. The Morgan fingerprint density at radius 3 is 2.92 bits per heavy atom. The Morgan fingerprint density at radius 2 is 2.04 bits per heavy atom. The number of rotatable bonds is 2. The van der Waals surface area contributed by atoms with Crippen LogP contribution in [0.1, 0.15) is 18.0 Å². The van der Waals surface area contributed by atoms with Crippen molar-refractivity contribution >= 4 is 11.6 Å². The summed E-state index contributed by atoms with van der Waals surface area (Å²) in [7, 11) is 0. The molecule has 1 amide bonds. The van der Waals surface area contributed by atoms with Crippen LogP contribution in [-0.2, 0) is 14.9 Å². The Bertz CT molecular complexity index is 971. The minimum Gasteiger partial charge on any atom is -0.378 e. The zero-order valence-corrected chi connectivity index (χ0v) is 14.0. The molecule has 2 aliphatic heterocycles. The van der Waals surface area contributed by atoms with Crippen molar-refractivity contribution in [2.24, 2.45) is 0 Å². The van der Waals surface area contributed by atoms with Crippen LogP contribution in [0.3, 0.4) is 0 Å². The molecule has 0 aliphatic carbocycles. The topological polar surface area (TPSA) is 81.9 Å². The number of nitrogens with one attached hydrogen (secondary N) is 1. The van der Waals surface area contributed by atoms with Crippen LogP contribution in [0.4, 0.5) is 5.69 Å². The largest absolute Gasteiger partial charge is 0.378 e. The standard InChI is InChI=1S/C19H17N5O2/c25-18-19(14-5-1-2-6-15(14)21-18)9-13(11-26-12-19)24-10-17(22-23-24)16-7-3-4-8-20-16/h1-8,10,13H,9,11-12H2,(H,21,25). The highest BCUT2D eigenvalue weighted by atomic mass is 16.5. The summed E-state index contributed by atoms with van der Waals surface area (Å²) in [6.07, 6.45) is 4.22. The number of pyridine rings is 1. The molecule has 1 aromatic carbocycles. The Kier molecular flexibility index (Phi) is 3.36. The molecule has 1 fully saturated rings. The van der Waals surface area contributed by atoms with Crippen molar-refractivity contribution in [3.8, 4) is 11.4 Å². The third kappa shape index (κ3) is 2.24. The summed E-state index contributed by atoms with van der Waals surface area (Å²) in [5.41, 5.74) is 2.68. The highest BCUT2D eigenvalue weighted by Gasteiger charge is 2.50. The molecule has 7 nitrogen and oxygen atoms in total. The highest BCUT2D eigenvalue weighted by Crippen LogP contribution is 2.45. The first kappa shape index (κ1) is 15.2. The zero-order valence-electron chi connectivity index (χ0n) is 14.0. The number of para-hydroxylation sites is 1. The molecule has 0 bridgehead atoms. The van der Waals surface area contributed by atoms with Gasteiger partial charge in [0, 0.05) is 11.9 Å². The van der Waals surface area contributed by atoms with Gasteiger partial charge in [0.1, 0.15) is 11.1 Å². The molecule has 130 valence electrons. The molecular formula is C19H17N5O2. The third-order valence-corrected chi connectivity index (χ3v) is 5.18. The number of benzene rings is 1. The summed E-state index contributed by atoms with van der Waals surface area (Å²) in [6, 6.07) is 13.4. The van der Waals surface area contributed by atoms with Crippen molar-refractivity contribution in [3.05, 3.63) is 60.4 Å². The molecule has 3 aromatic rings. The number of anilines is 1. The summed E-state index contributed by atoms with van der Waals surface area (Å²) in [4.78, 5) is 17.1. The average molecular weight is 347 g/mol. The fourth-order valence-corrected chi connectivity index (χ4v) is 3.87. The second kappa shape index (κ2) is 5.74. The number of carbonyl (C=O) groups is 1. The first-order valence-electron chi connectivity index (χ1n) is 8.58. The number of amides is 1. The van der Waals surface area contributed by atoms with Crippen LogP contribution in [0, 0.1) is 0 Å². The van der Waals surface area contributed by atoms with Gasteiger partial charge >= 0.3 is 0 Å². The maximum atomic E-state index is 12.8. The van der Waals surface area contributed by atoms with Crippen LogP contribution in [0.5, 0.6) is 0 Å². The van der Waals surface area contributed by atoms with E-state index < -0.39 is 5.41 Å². The average Bonchev–Trinajstić information content (AvgIpc) is 3.28. The number of nitrogens with zero attached hydrogens (tertiary/aromatic N) is 4. The molecule has 26 heavy (non-hydrogen) atoms. The quantitative estimate of drug-likeness (QED) is 0.768. The number of ether oxygens (including phenoxy) is 1. The smallest absolute Gasteiger partial charge is 0.237 e. The lowest BCUT2D eigenvalue weighted by atomic mass is 9.76. The molecule has 4 heterocycles. The molecule has 2 aliphatic rings. The Hall–Kier alpha value is -3.06. The zero-order chi connectivity index (χ0) is 17.6. The molecule has 2 aromatic heterocycles. The number of carbonyl (C=O) groups excluding carboxylic acids is 1. The summed E-state index contributed by atoms with van der Waals surface area (Å²) >= 11 is 0. The number of fused-ring (bicyclic) bond motifs is 2. The second-order valence-electron chi connectivity index (χ2n) is 6.75. The van der Waals surface area contributed by atoms with E-state index in [0.717, 1.165) is 16.9 Å². The second-order valence-corrected chi connectivity index (χ2v) is 6.75. The summed E-state index contributed by atoms with van der Waals surface area (Å²) in [5, 5.41) is 11.5. The SMILES string of the molecule is O=C1Nc2ccccc2C12COCC(n1cc(-c3ccccn3)nn1)C2. The van der Waals surface area contributed by atoms with Gasteiger partial charge in [0.2, 0.25) is 5.91 Å². The number of hydrogen-bond donors (Lipinski definition) is 1.